The first-order chi connectivity index (χ1) is 8.36. The van der Waals surface area contributed by atoms with Gasteiger partial charge in [-0.3, -0.25) is 4.68 Å². The molecular weight excluding hydrogens is 218 g/mol. The molecule has 5 heteroatoms. The fraction of sp³-hybridized carbons (Fsp3) is 0.750. The van der Waals surface area contributed by atoms with Gasteiger partial charge in [0.2, 0.25) is 0 Å². The Bertz CT molecular complexity index is 289. The van der Waals surface area contributed by atoms with Crippen molar-refractivity contribution in [1.29, 1.82) is 0 Å². The van der Waals surface area contributed by atoms with Gasteiger partial charge in [0.25, 0.3) is 0 Å². The molecule has 1 rings (SSSR count). The van der Waals surface area contributed by atoms with E-state index in [1.54, 1.807) is 4.68 Å². The second-order valence-corrected chi connectivity index (χ2v) is 3.98. The molecule has 0 saturated carbocycles. The van der Waals surface area contributed by atoms with Crippen LogP contribution in [0.15, 0.2) is 12.4 Å². The van der Waals surface area contributed by atoms with Crippen molar-refractivity contribution < 1.29 is 9.84 Å². The van der Waals surface area contributed by atoms with Gasteiger partial charge in [-0.15, -0.1) is 0 Å². The quantitative estimate of drug-likeness (QED) is 0.594. The molecule has 0 unspecified atom stereocenters. The maximum Gasteiger partial charge on any atom is 0.0640 e. The lowest BCUT2D eigenvalue weighted by Gasteiger charge is -2.03. The number of aliphatic hydroxyl groups is 1. The van der Waals surface area contributed by atoms with Gasteiger partial charge in [-0.25, -0.2) is 0 Å². The van der Waals surface area contributed by atoms with E-state index in [0.717, 1.165) is 44.7 Å². The Hall–Kier alpha value is -0.910. The van der Waals surface area contributed by atoms with E-state index in [2.05, 4.69) is 17.3 Å². The second kappa shape index (κ2) is 9.15. The van der Waals surface area contributed by atoms with Crippen molar-refractivity contribution in [3.05, 3.63) is 18.0 Å². The first-order valence-corrected chi connectivity index (χ1v) is 6.27. The monoisotopic (exact) mass is 241 g/mol. The summed E-state index contributed by atoms with van der Waals surface area (Å²) in [6.07, 6.45) is 5.90. The number of aliphatic hydroxyl groups excluding tert-OH is 1. The van der Waals surface area contributed by atoms with Crippen molar-refractivity contribution in [1.82, 2.24) is 15.1 Å². The zero-order valence-electron chi connectivity index (χ0n) is 10.6. The maximum atomic E-state index is 8.76. The Morgan fingerprint density at radius 1 is 1.47 bits per heavy atom. The van der Waals surface area contributed by atoms with Gasteiger partial charge in [0, 0.05) is 31.5 Å². The minimum absolute atomic E-state index is 0.128. The van der Waals surface area contributed by atoms with Crippen molar-refractivity contribution in [2.24, 2.45) is 0 Å². The third-order valence-corrected chi connectivity index (χ3v) is 2.34. The van der Waals surface area contributed by atoms with Crippen LogP contribution in [-0.4, -0.2) is 41.3 Å². The predicted octanol–water partition coefficient (Wildman–Crippen LogP) is 0.782. The molecule has 2 N–H and O–H groups in total. The van der Waals surface area contributed by atoms with Gasteiger partial charge in [-0.1, -0.05) is 6.92 Å². The molecule has 0 saturated heterocycles. The third-order valence-electron chi connectivity index (χ3n) is 2.34. The molecule has 0 amide bonds. The summed E-state index contributed by atoms with van der Waals surface area (Å²) in [6.45, 7) is 6.25. The van der Waals surface area contributed by atoms with Crippen LogP contribution in [0.2, 0.25) is 0 Å². The smallest absolute Gasteiger partial charge is 0.0640 e. The summed E-state index contributed by atoms with van der Waals surface area (Å²) in [7, 11) is 0. The van der Waals surface area contributed by atoms with E-state index in [1.807, 2.05) is 12.4 Å². The van der Waals surface area contributed by atoms with E-state index in [1.165, 1.54) is 0 Å². The van der Waals surface area contributed by atoms with Gasteiger partial charge < -0.3 is 15.2 Å². The molecular formula is C12H23N3O2. The Morgan fingerprint density at radius 2 is 2.35 bits per heavy atom. The van der Waals surface area contributed by atoms with Crippen LogP contribution in [0.3, 0.4) is 0 Å². The van der Waals surface area contributed by atoms with Gasteiger partial charge >= 0.3 is 0 Å². The number of hydrogen-bond acceptors (Lipinski definition) is 4. The van der Waals surface area contributed by atoms with Gasteiger partial charge in [0.05, 0.1) is 19.3 Å². The molecule has 1 heterocycles. The molecule has 0 aliphatic rings. The standard InChI is InChI=1S/C12H23N3O2/c1-2-7-17-8-3-4-13-9-12-10-14-15(11-12)5-6-16/h10-11,13,16H,2-9H2,1H3. The molecule has 1 aromatic rings. The zero-order valence-corrected chi connectivity index (χ0v) is 10.6. The molecule has 0 aromatic carbocycles. The normalized spacial score (nSPS) is 10.9. The maximum absolute atomic E-state index is 8.76. The molecule has 0 spiro atoms. The summed E-state index contributed by atoms with van der Waals surface area (Å²) in [5.74, 6) is 0. The van der Waals surface area contributed by atoms with Gasteiger partial charge in [-0.2, -0.15) is 5.10 Å². The predicted molar refractivity (Wildman–Crippen MR) is 66.7 cm³/mol. The molecule has 0 atom stereocenters. The van der Waals surface area contributed by atoms with Crippen LogP contribution in [0.5, 0.6) is 0 Å². The summed E-state index contributed by atoms with van der Waals surface area (Å²) >= 11 is 0. The molecule has 1 aromatic heterocycles. The third kappa shape index (κ3) is 6.41. The summed E-state index contributed by atoms with van der Waals surface area (Å²) in [5.41, 5.74) is 1.15. The summed E-state index contributed by atoms with van der Waals surface area (Å²) in [5, 5.41) is 16.2. The SMILES string of the molecule is CCCOCCCNCc1cnn(CCO)c1. The van der Waals surface area contributed by atoms with Gasteiger partial charge in [0.15, 0.2) is 0 Å². The number of rotatable bonds is 10. The number of aromatic nitrogens is 2. The van der Waals surface area contributed by atoms with Gasteiger partial charge in [0.1, 0.15) is 0 Å². The molecule has 0 fully saturated rings. The molecule has 17 heavy (non-hydrogen) atoms. The van der Waals surface area contributed by atoms with E-state index in [4.69, 9.17) is 9.84 Å². The number of nitrogens with zero attached hydrogens (tertiary/aromatic N) is 2. The number of hydrogen-bond donors (Lipinski definition) is 2. The van der Waals surface area contributed by atoms with Crippen molar-refractivity contribution in [3.63, 3.8) is 0 Å². The first kappa shape index (κ1) is 14.2. The van der Waals surface area contributed by atoms with Crippen LogP contribution in [0, 0.1) is 0 Å². The van der Waals surface area contributed by atoms with Crippen molar-refractivity contribution >= 4 is 0 Å². The van der Waals surface area contributed by atoms with Crippen LogP contribution in [0.25, 0.3) is 0 Å². The molecule has 98 valence electrons. The largest absolute Gasteiger partial charge is 0.394 e. The molecule has 0 aliphatic carbocycles. The highest BCUT2D eigenvalue weighted by atomic mass is 16.5. The number of ether oxygens (including phenoxy) is 1. The van der Waals surface area contributed by atoms with Crippen LogP contribution >= 0.6 is 0 Å². The van der Waals surface area contributed by atoms with Crippen LogP contribution in [-0.2, 0) is 17.8 Å². The molecule has 0 bridgehead atoms. The Morgan fingerprint density at radius 3 is 3.12 bits per heavy atom. The van der Waals surface area contributed by atoms with Crippen molar-refractivity contribution in [2.75, 3.05) is 26.4 Å². The highest BCUT2D eigenvalue weighted by Gasteiger charge is 1.97. The first-order valence-electron chi connectivity index (χ1n) is 6.27. The molecule has 0 aliphatic heterocycles. The van der Waals surface area contributed by atoms with Crippen molar-refractivity contribution in [2.45, 2.75) is 32.9 Å². The lowest BCUT2D eigenvalue weighted by Crippen LogP contribution is -2.16. The Labute approximate surface area is 103 Å². The van der Waals surface area contributed by atoms with Crippen LogP contribution < -0.4 is 5.32 Å². The minimum Gasteiger partial charge on any atom is -0.394 e. The van der Waals surface area contributed by atoms with E-state index in [-0.39, 0.29) is 6.61 Å². The topological polar surface area (TPSA) is 59.3 Å². The van der Waals surface area contributed by atoms with Crippen LogP contribution in [0.4, 0.5) is 0 Å². The highest BCUT2D eigenvalue weighted by Crippen LogP contribution is 1.96. The Kier molecular flexibility index (Phi) is 7.62. The Balaban J connectivity index is 2.01. The zero-order chi connectivity index (χ0) is 12.3. The molecule has 0 radical (unpaired) electrons. The fourth-order valence-corrected chi connectivity index (χ4v) is 1.50. The summed E-state index contributed by atoms with van der Waals surface area (Å²) in [4.78, 5) is 0. The second-order valence-electron chi connectivity index (χ2n) is 3.98. The summed E-state index contributed by atoms with van der Waals surface area (Å²) < 4.78 is 7.14. The number of nitrogens with one attached hydrogen (secondary N) is 1. The van der Waals surface area contributed by atoms with E-state index >= 15 is 0 Å². The fourth-order valence-electron chi connectivity index (χ4n) is 1.50. The van der Waals surface area contributed by atoms with Gasteiger partial charge in [-0.05, 0) is 19.4 Å². The summed E-state index contributed by atoms with van der Waals surface area (Å²) in [6, 6.07) is 0. The van der Waals surface area contributed by atoms with E-state index < -0.39 is 0 Å². The lowest BCUT2D eigenvalue weighted by atomic mass is 10.3. The average molecular weight is 241 g/mol. The van der Waals surface area contributed by atoms with E-state index in [9.17, 15) is 0 Å². The minimum atomic E-state index is 0.128. The van der Waals surface area contributed by atoms with Crippen molar-refractivity contribution in [3.8, 4) is 0 Å². The van der Waals surface area contributed by atoms with Crippen LogP contribution in [0.1, 0.15) is 25.3 Å². The lowest BCUT2D eigenvalue weighted by molar-refractivity contribution is 0.132. The molecule has 5 nitrogen and oxygen atoms in total. The average Bonchev–Trinajstić information content (AvgIpc) is 2.76. The highest BCUT2D eigenvalue weighted by molar-refractivity contribution is 5.03. The van der Waals surface area contributed by atoms with E-state index in [0.29, 0.717) is 6.54 Å².